The van der Waals surface area contributed by atoms with Crippen LogP contribution in [0.4, 0.5) is 10.1 Å². The second kappa shape index (κ2) is 9.00. The smallest absolute Gasteiger partial charge is 0.237 e. The van der Waals surface area contributed by atoms with Crippen molar-refractivity contribution in [3.05, 3.63) is 65.5 Å². The van der Waals surface area contributed by atoms with Crippen LogP contribution in [0.5, 0.6) is 0 Å². The molecule has 3 heterocycles. The van der Waals surface area contributed by atoms with Gasteiger partial charge in [0.1, 0.15) is 5.82 Å². The normalized spacial score (nSPS) is 24.8. The van der Waals surface area contributed by atoms with Gasteiger partial charge in [-0.05, 0) is 48.6 Å². The summed E-state index contributed by atoms with van der Waals surface area (Å²) >= 11 is 0. The first-order chi connectivity index (χ1) is 15.6. The number of fused-ring (bicyclic) bond motifs is 2. The van der Waals surface area contributed by atoms with Gasteiger partial charge in [-0.3, -0.25) is 14.5 Å². The van der Waals surface area contributed by atoms with Gasteiger partial charge in [-0.2, -0.15) is 0 Å². The van der Waals surface area contributed by atoms with Crippen molar-refractivity contribution >= 4 is 17.5 Å². The van der Waals surface area contributed by atoms with Crippen molar-refractivity contribution in [2.24, 2.45) is 0 Å². The molecule has 2 saturated heterocycles. The van der Waals surface area contributed by atoms with E-state index in [9.17, 15) is 14.0 Å². The summed E-state index contributed by atoms with van der Waals surface area (Å²) in [6.07, 6.45) is 2.87. The maximum atomic E-state index is 13.1. The lowest BCUT2D eigenvalue weighted by molar-refractivity contribution is -0.129. The zero-order valence-electron chi connectivity index (χ0n) is 18.1. The van der Waals surface area contributed by atoms with Gasteiger partial charge in [0.2, 0.25) is 11.8 Å². The summed E-state index contributed by atoms with van der Waals surface area (Å²) < 4.78 is 13.1. The maximum Gasteiger partial charge on any atom is 0.237 e. The summed E-state index contributed by atoms with van der Waals surface area (Å²) in [5.74, 6) is -0.000985. The molecule has 2 N–H and O–H groups in total. The van der Waals surface area contributed by atoms with E-state index in [4.69, 9.17) is 0 Å². The Morgan fingerprint density at radius 1 is 1.16 bits per heavy atom. The van der Waals surface area contributed by atoms with Crippen LogP contribution >= 0.6 is 0 Å². The average Bonchev–Trinajstić information content (AvgIpc) is 3.43. The molecule has 2 amide bonds. The zero-order chi connectivity index (χ0) is 22.1. The summed E-state index contributed by atoms with van der Waals surface area (Å²) in [5.41, 5.74) is 3.30. The topological polar surface area (TPSA) is 64.7 Å². The molecule has 3 atom stereocenters. The minimum Gasteiger partial charge on any atom is -0.353 e. The Kier molecular flexibility index (Phi) is 5.93. The Bertz CT molecular complexity index is 996. The van der Waals surface area contributed by atoms with Gasteiger partial charge in [0, 0.05) is 50.4 Å². The lowest BCUT2D eigenvalue weighted by Gasteiger charge is -2.37. The fourth-order valence-electron chi connectivity index (χ4n) is 5.28. The molecule has 2 fully saturated rings. The lowest BCUT2D eigenvalue weighted by Crippen LogP contribution is -2.58. The summed E-state index contributed by atoms with van der Waals surface area (Å²) in [6, 6.07) is 14.8. The highest BCUT2D eigenvalue weighted by Gasteiger charge is 2.43. The highest BCUT2D eigenvalue weighted by molar-refractivity contribution is 5.95. The largest absolute Gasteiger partial charge is 0.353 e. The van der Waals surface area contributed by atoms with Crippen LogP contribution in [-0.2, 0) is 22.6 Å². The van der Waals surface area contributed by atoms with Crippen molar-refractivity contribution in [3.63, 3.8) is 0 Å². The van der Waals surface area contributed by atoms with Gasteiger partial charge in [-0.25, -0.2) is 4.39 Å². The fraction of sp³-hybridized carbons (Fsp3) is 0.440. The van der Waals surface area contributed by atoms with Crippen LogP contribution in [0.1, 0.15) is 30.4 Å². The molecule has 32 heavy (non-hydrogen) atoms. The molecule has 0 unspecified atom stereocenters. The van der Waals surface area contributed by atoms with Crippen molar-refractivity contribution in [3.8, 4) is 0 Å². The van der Waals surface area contributed by atoms with E-state index in [1.165, 1.54) is 17.7 Å². The third-order valence-corrected chi connectivity index (χ3v) is 7.01. The maximum absolute atomic E-state index is 13.1. The van der Waals surface area contributed by atoms with Crippen LogP contribution in [0.15, 0.2) is 48.5 Å². The first-order valence-corrected chi connectivity index (χ1v) is 11.5. The van der Waals surface area contributed by atoms with E-state index in [0.717, 1.165) is 43.6 Å². The highest BCUT2D eigenvalue weighted by atomic mass is 19.1. The molecule has 5 rings (SSSR count). The van der Waals surface area contributed by atoms with Crippen molar-refractivity contribution in [2.45, 2.75) is 50.4 Å². The molecule has 168 valence electrons. The van der Waals surface area contributed by atoms with Gasteiger partial charge in [-0.15, -0.1) is 0 Å². The quantitative estimate of drug-likeness (QED) is 0.729. The molecule has 3 aliphatic rings. The van der Waals surface area contributed by atoms with E-state index in [1.807, 2.05) is 23.1 Å². The Morgan fingerprint density at radius 2 is 1.97 bits per heavy atom. The summed E-state index contributed by atoms with van der Waals surface area (Å²) in [5, 5.41) is 6.55. The SMILES string of the molecule is O=C1NC[C@H](CCC(=O)N2CCc3ccccc32)N2C[C@@H](NCc3ccc(F)cc3)C[C@H]12. The van der Waals surface area contributed by atoms with E-state index in [-0.39, 0.29) is 35.8 Å². The van der Waals surface area contributed by atoms with Crippen LogP contribution in [-0.4, -0.2) is 54.5 Å². The molecule has 0 saturated carbocycles. The summed E-state index contributed by atoms with van der Waals surface area (Å²) in [4.78, 5) is 29.6. The molecule has 0 aromatic heterocycles. The summed E-state index contributed by atoms with van der Waals surface area (Å²) in [6.45, 7) is 2.76. The number of nitrogens with zero attached hydrogens (tertiary/aromatic N) is 2. The number of nitrogens with one attached hydrogen (secondary N) is 2. The molecular weight excluding hydrogens is 407 g/mol. The third kappa shape index (κ3) is 4.27. The van der Waals surface area contributed by atoms with Gasteiger partial charge < -0.3 is 15.5 Å². The van der Waals surface area contributed by atoms with E-state index < -0.39 is 0 Å². The number of carbonyl (C=O) groups excluding carboxylic acids is 2. The van der Waals surface area contributed by atoms with Gasteiger partial charge in [-0.1, -0.05) is 30.3 Å². The van der Waals surface area contributed by atoms with Crippen LogP contribution in [0, 0.1) is 5.82 Å². The number of amides is 2. The number of carbonyl (C=O) groups is 2. The molecule has 3 aliphatic heterocycles. The minimum absolute atomic E-state index is 0.0760. The molecule has 0 spiro atoms. The van der Waals surface area contributed by atoms with Gasteiger partial charge in [0.25, 0.3) is 0 Å². The Morgan fingerprint density at radius 3 is 2.81 bits per heavy atom. The van der Waals surface area contributed by atoms with Crippen molar-refractivity contribution in [1.82, 2.24) is 15.5 Å². The predicted octanol–water partition coefficient (Wildman–Crippen LogP) is 2.23. The third-order valence-electron chi connectivity index (χ3n) is 7.01. The number of hydrogen-bond acceptors (Lipinski definition) is 4. The number of benzene rings is 2. The number of piperazine rings is 1. The molecule has 0 bridgehead atoms. The average molecular weight is 437 g/mol. The second-order valence-electron chi connectivity index (χ2n) is 9.01. The summed E-state index contributed by atoms with van der Waals surface area (Å²) in [7, 11) is 0. The first-order valence-electron chi connectivity index (χ1n) is 11.5. The Hall–Kier alpha value is -2.77. The molecule has 2 aromatic carbocycles. The monoisotopic (exact) mass is 436 g/mol. The van der Waals surface area contributed by atoms with E-state index in [0.29, 0.717) is 19.5 Å². The van der Waals surface area contributed by atoms with Crippen molar-refractivity contribution < 1.29 is 14.0 Å². The number of para-hydroxylation sites is 1. The second-order valence-corrected chi connectivity index (χ2v) is 9.01. The van der Waals surface area contributed by atoms with Crippen molar-refractivity contribution in [1.29, 1.82) is 0 Å². The Labute approximate surface area is 187 Å². The first kappa shape index (κ1) is 21.1. The van der Waals surface area contributed by atoms with Crippen molar-refractivity contribution in [2.75, 3.05) is 24.5 Å². The fourth-order valence-corrected chi connectivity index (χ4v) is 5.28. The zero-order valence-corrected chi connectivity index (χ0v) is 18.1. The van der Waals surface area contributed by atoms with Gasteiger partial charge in [0.15, 0.2) is 0 Å². The number of anilines is 1. The number of rotatable bonds is 6. The molecule has 0 aliphatic carbocycles. The van der Waals surface area contributed by atoms with E-state index in [1.54, 1.807) is 12.1 Å². The molecule has 6 nitrogen and oxygen atoms in total. The molecule has 2 aromatic rings. The number of hydrogen-bond donors (Lipinski definition) is 2. The van der Waals surface area contributed by atoms with Crippen LogP contribution in [0.25, 0.3) is 0 Å². The highest BCUT2D eigenvalue weighted by Crippen LogP contribution is 2.30. The van der Waals surface area contributed by atoms with Crippen LogP contribution < -0.4 is 15.5 Å². The number of halogens is 1. The van der Waals surface area contributed by atoms with E-state index in [2.05, 4.69) is 21.6 Å². The molecule has 0 radical (unpaired) electrons. The van der Waals surface area contributed by atoms with Gasteiger partial charge in [0.05, 0.1) is 6.04 Å². The van der Waals surface area contributed by atoms with Crippen LogP contribution in [0.3, 0.4) is 0 Å². The van der Waals surface area contributed by atoms with E-state index >= 15 is 0 Å². The standard InChI is InChI=1S/C25H29FN4O2/c26-19-7-5-17(6-8-19)14-27-20-13-23-25(32)28-15-21(30(23)16-20)9-10-24(31)29-12-11-18-3-1-2-4-22(18)29/h1-8,20-21,23,27H,9-16H2,(H,28,32)/t20-,21-,23+/m0/s1. The predicted molar refractivity (Wildman–Crippen MR) is 121 cm³/mol. The minimum atomic E-state index is -0.238. The Balaban J connectivity index is 1.17. The van der Waals surface area contributed by atoms with Crippen LogP contribution in [0.2, 0.25) is 0 Å². The molecular formula is C25H29FN4O2. The molecule has 7 heteroatoms. The van der Waals surface area contributed by atoms with Gasteiger partial charge >= 0.3 is 0 Å². The lowest BCUT2D eigenvalue weighted by atomic mass is 10.0.